The van der Waals surface area contributed by atoms with Gasteiger partial charge in [-0.2, -0.15) is 0 Å². The highest BCUT2D eigenvalue weighted by Gasteiger charge is 2.35. The van der Waals surface area contributed by atoms with Crippen LogP contribution >= 0.6 is 0 Å². The van der Waals surface area contributed by atoms with E-state index in [1.54, 1.807) is 11.3 Å². The summed E-state index contributed by atoms with van der Waals surface area (Å²) in [6.45, 7) is 8.32. The molecule has 0 unspecified atom stereocenters. The zero-order valence-corrected chi connectivity index (χ0v) is 16.7. The van der Waals surface area contributed by atoms with Gasteiger partial charge in [0, 0.05) is 42.8 Å². The highest BCUT2D eigenvalue weighted by Crippen LogP contribution is 2.42. The second-order valence-corrected chi connectivity index (χ2v) is 8.95. The minimum absolute atomic E-state index is 0.230. The fourth-order valence-corrected chi connectivity index (χ4v) is 5.78. The van der Waals surface area contributed by atoms with Crippen LogP contribution in [0, 0.1) is 6.92 Å². The molecule has 0 radical (unpaired) electrons. The molecule has 2 aromatic rings. The molecule has 0 bridgehead atoms. The molecule has 3 heterocycles. The van der Waals surface area contributed by atoms with Gasteiger partial charge in [-0.3, -0.25) is 4.90 Å². The molecule has 27 heavy (non-hydrogen) atoms. The van der Waals surface area contributed by atoms with Crippen molar-refractivity contribution in [1.29, 1.82) is 0 Å². The van der Waals surface area contributed by atoms with E-state index < -0.39 is 0 Å². The molecule has 2 aliphatic heterocycles. The number of nitrogens with zero attached hydrogens (tertiary/aromatic N) is 3. The van der Waals surface area contributed by atoms with E-state index in [9.17, 15) is 5.11 Å². The molecule has 3 aliphatic rings. The van der Waals surface area contributed by atoms with Gasteiger partial charge in [0.25, 0.3) is 0 Å². The Balaban J connectivity index is 1.38. The van der Waals surface area contributed by atoms with Gasteiger partial charge in [0.1, 0.15) is 0 Å². The van der Waals surface area contributed by atoms with Crippen molar-refractivity contribution in [2.24, 2.45) is 0 Å². The number of benzene rings is 1. The maximum atomic E-state index is 10.8. The molecule has 1 N–H and O–H groups in total. The molecule has 1 fully saturated rings. The summed E-state index contributed by atoms with van der Waals surface area (Å²) in [6.07, 6.45) is 7.43. The number of aliphatic hydroxyl groups is 1. The normalized spacial score (nSPS) is 24.9. The third-order valence-corrected chi connectivity index (χ3v) is 7.00. The van der Waals surface area contributed by atoms with Crippen molar-refractivity contribution < 1.29 is 5.11 Å². The minimum atomic E-state index is -0.230. The lowest BCUT2D eigenvalue weighted by Gasteiger charge is -2.41. The summed E-state index contributed by atoms with van der Waals surface area (Å²) in [7, 11) is 0. The molecule has 2 atom stereocenters. The van der Waals surface area contributed by atoms with Gasteiger partial charge in [0.15, 0.2) is 0 Å². The third kappa shape index (κ3) is 3.22. The van der Waals surface area contributed by atoms with Crippen molar-refractivity contribution in [2.45, 2.75) is 64.1 Å². The van der Waals surface area contributed by atoms with Crippen molar-refractivity contribution in [3.63, 3.8) is 0 Å². The summed E-state index contributed by atoms with van der Waals surface area (Å²) in [5, 5.41) is 12.3. The zero-order chi connectivity index (χ0) is 18.4. The average molecular weight is 368 g/mol. The Morgan fingerprint density at radius 1 is 1.04 bits per heavy atom. The Morgan fingerprint density at radius 3 is 2.74 bits per heavy atom. The molecule has 0 amide bonds. The van der Waals surface area contributed by atoms with Crippen LogP contribution in [0.2, 0.25) is 0 Å². The number of aromatic nitrogens is 1. The van der Waals surface area contributed by atoms with Crippen LogP contribution in [0.5, 0.6) is 0 Å². The van der Waals surface area contributed by atoms with E-state index in [-0.39, 0.29) is 6.10 Å². The predicted molar refractivity (Wildman–Crippen MR) is 110 cm³/mol. The first-order valence-electron chi connectivity index (χ1n) is 11.0. The second-order valence-electron chi connectivity index (χ2n) is 8.95. The fraction of sp³-hybridized carbons (Fsp3) is 0.652. The van der Waals surface area contributed by atoms with Crippen LogP contribution in [-0.2, 0) is 13.0 Å². The molecular weight excluding hydrogens is 334 g/mol. The third-order valence-electron chi connectivity index (χ3n) is 7.00. The monoisotopic (exact) mass is 367 g/mol. The first kappa shape index (κ1) is 17.7. The molecule has 0 spiro atoms. The van der Waals surface area contributed by atoms with Crippen LogP contribution < -0.4 is 0 Å². The number of hydrogen-bond donors (Lipinski definition) is 1. The van der Waals surface area contributed by atoms with Gasteiger partial charge in [0.05, 0.1) is 12.1 Å². The number of fused-ring (bicyclic) bond motifs is 3. The Labute approximate surface area is 162 Å². The summed E-state index contributed by atoms with van der Waals surface area (Å²) >= 11 is 0. The summed E-state index contributed by atoms with van der Waals surface area (Å²) in [5.74, 6) is 0. The number of piperidine rings is 1. The highest BCUT2D eigenvalue weighted by atomic mass is 16.3. The smallest absolute Gasteiger partial charge is 0.0794 e. The Hall–Kier alpha value is -1.36. The number of rotatable bonds is 4. The van der Waals surface area contributed by atoms with Gasteiger partial charge in [-0.1, -0.05) is 18.1 Å². The minimum Gasteiger partial charge on any atom is -0.390 e. The van der Waals surface area contributed by atoms with E-state index >= 15 is 0 Å². The van der Waals surface area contributed by atoms with Crippen LogP contribution in [0.15, 0.2) is 18.2 Å². The topological polar surface area (TPSA) is 31.6 Å². The molecule has 1 aromatic heterocycles. The Bertz CT molecular complexity index is 821. The lowest BCUT2D eigenvalue weighted by molar-refractivity contribution is 0.0381. The molecule has 1 aliphatic carbocycles. The quantitative estimate of drug-likeness (QED) is 0.898. The van der Waals surface area contributed by atoms with E-state index in [0.29, 0.717) is 6.04 Å². The van der Waals surface area contributed by atoms with Crippen molar-refractivity contribution in [1.82, 2.24) is 14.4 Å². The number of aryl methyl sites for hydroxylation is 2. The first-order valence-corrected chi connectivity index (χ1v) is 11.0. The van der Waals surface area contributed by atoms with Gasteiger partial charge in [-0.05, 0) is 69.8 Å². The first-order chi connectivity index (χ1) is 13.2. The Kier molecular flexibility index (Phi) is 4.75. The summed E-state index contributed by atoms with van der Waals surface area (Å²) in [4.78, 5) is 5.04. The molecule has 1 saturated heterocycles. The standard InChI is InChI=1S/C23H33N3O/c1-17-8-9-21-20(14-17)19-6-5-7-22-23(19)26(21)13-12-25(22)16-18(27)15-24-10-3-2-4-11-24/h8-9,14,18,22,27H,2-7,10-13,15-16H2,1H3/t18-,22-/m0/s1. The van der Waals surface area contributed by atoms with E-state index in [4.69, 9.17) is 0 Å². The maximum Gasteiger partial charge on any atom is 0.0794 e. The van der Waals surface area contributed by atoms with Gasteiger partial charge in [-0.25, -0.2) is 0 Å². The van der Waals surface area contributed by atoms with E-state index in [2.05, 4.69) is 39.5 Å². The van der Waals surface area contributed by atoms with E-state index in [1.807, 2.05) is 0 Å². The van der Waals surface area contributed by atoms with Gasteiger partial charge in [-0.15, -0.1) is 0 Å². The largest absolute Gasteiger partial charge is 0.390 e. The molecular formula is C23H33N3O. The molecule has 1 aromatic carbocycles. The van der Waals surface area contributed by atoms with Crippen molar-refractivity contribution in [2.75, 3.05) is 32.7 Å². The maximum absolute atomic E-state index is 10.8. The number of aliphatic hydroxyl groups excluding tert-OH is 1. The van der Waals surface area contributed by atoms with Crippen LogP contribution in [0.1, 0.15) is 55.0 Å². The lowest BCUT2D eigenvalue weighted by Crippen LogP contribution is -2.46. The molecule has 0 saturated carbocycles. The summed E-state index contributed by atoms with van der Waals surface area (Å²) in [5.41, 5.74) is 5.92. The zero-order valence-electron chi connectivity index (χ0n) is 16.7. The molecule has 146 valence electrons. The Morgan fingerprint density at radius 2 is 1.89 bits per heavy atom. The van der Waals surface area contributed by atoms with Gasteiger partial charge < -0.3 is 14.6 Å². The molecule has 5 rings (SSSR count). The summed E-state index contributed by atoms with van der Waals surface area (Å²) < 4.78 is 2.58. The molecule has 4 nitrogen and oxygen atoms in total. The number of hydrogen-bond acceptors (Lipinski definition) is 3. The highest BCUT2D eigenvalue weighted by molar-refractivity contribution is 5.87. The lowest BCUT2D eigenvalue weighted by atomic mass is 9.89. The van der Waals surface area contributed by atoms with Gasteiger partial charge >= 0.3 is 0 Å². The second kappa shape index (κ2) is 7.23. The number of β-amino-alcohol motifs (C(OH)–C–C–N with tert-alkyl or cyclic N) is 1. The number of likely N-dealkylation sites (tertiary alicyclic amines) is 1. The van der Waals surface area contributed by atoms with Gasteiger partial charge in [0.2, 0.25) is 0 Å². The van der Waals surface area contributed by atoms with Crippen LogP contribution in [0.3, 0.4) is 0 Å². The fourth-order valence-electron chi connectivity index (χ4n) is 5.78. The van der Waals surface area contributed by atoms with Crippen molar-refractivity contribution in [3.05, 3.63) is 35.0 Å². The molecule has 4 heteroatoms. The average Bonchev–Trinajstić information content (AvgIpc) is 2.99. The van der Waals surface area contributed by atoms with Crippen LogP contribution in [-0.4, -0.2) is 58.3 Å². The van der Waals surface area contributed by atoms with Crippen LogP contribution in [0.25, 0.3) is 10.9 Å². The van der Waals surface area contributed by atoms with Crippen molar-refractivity contribution >= 4 is 10.9 Å². The van der Waals surface area contributed by atoms with Crippen molar-refractivity contribution in [3.8, 4) is 0 Å². The predicted octanol–water partition coefficient (Wildman–Crippen LogP) is 3.49. The SMILES string of the molecule is Cc1ccc2c(c1)c1c3n2CCN(C[C@@H](O)CN2CCCCC2)[C@H]3CCC1. The summed E-state index contributed by atoms with van der Waals surface area (Å²) in [6, 6.07) is 7.45. The van der Waals surface area contributed by atoms with E-state index in [1.165, 1.54) is 55.0 Å². The van der Waals surface area contributed by atoms with Crippen LogP contribution in [0.4, 0.5) is 0 Å². The van der Waals surface area contributed by atoms with E-state index in [0.717, 1.165) is 39.3 Å².